The van der Waals surface area contributed by atoms with E-state index < -0.39 is 0 Å². The largest absolute Gasteiger partial charge is 0.337 e. The van der Waals surface area contributed by atoms with Crippen LogP contribution in [0.15, 0.2) is 22.9 Å². The lowest BCUT2D eigenvalue weighted by atomic mass is 10.3. The Hall–Kier alpha value is -1.46. The van der Waals surface area contributed by atoms with Gasteiger partial charge in [-0.15, -0.1) is 0 Å². The number of rotatable bonds is 4. The van der Waals surface area contributed by atoms with Crippen molar-refractivity contribution >= 4 is 11.6 Å². The molecule has 0 radical (unpaired) electrons. The van der Waals surface area contributed by atoms with Gasteiger partial charge in [-0.3, -0.25) is 4.98 Å². The van der Waals surface area contributed by atoms with E-state index in [1.165, 1.54) is 0 Å². The zero-order chi connectivity index (χ0) is 12.3. The molecular formula is C11H13ClN4O. The number of nitrogens with zero attached hydrogens (tertiary/aromatic N) is 3. The summed E-state index contributed by atoms with van der Waals surface area (Å²) in [6.07, 6.45) is 1.56. The first kappa shape index (κ1) is 12.0. The van der Waals surface area contributed by atoms with Crippen molar-refractivity contribution in [2.75, 3.05) is 6.54 Å². The lowest BCUT2D eigenvalue weighted by molar-refractivity contribution is 0.342. The third-order valence-electron chi connectivity index (χ3n) is 2.28. The predicted molar refractivity (Wildman–Crippen MR) is 64.6 cm³/mol. The molecule has 2 aromatic heterocycles. The molecule has 0 amide bonds. The van der Waals surface area contributed by atoms with Gasteiger partial charge in [0.05, 0.1) is 11.1 Å². The molecule has 0 aliphatic carbocycles. The first-order valence-electron chi connectivity index (χ1n) is 5.39. The normalized spacial score (nSPS) is 12.6. The third-order valence-corrected chi connectivity index (χ3v) is 2.50. The molecule has 17 heavy (non-hydrogen) atoms. The van der Waals surface area contributed by atoms with Crippen molar-refractivity contribution < 1.29 is 4.52 Å². The Kier molecular flexibility index (Phi) is 3.71. The van der Waals surface area contributed by atoms with Crippen molar-refractivity contribution in [3.8, 4) is 11.5 Å². The summed E-state index contributed by atoms with van der Waals surface area (Å²) in [5.41, 5.74) is 0.646. The van der Waals surface area contributed by atoms with Crippen molar-refractivity contribution in [1.29, 1.82) is 0 Å². The lowest BCUT2D eigenvalue weighted by Gasteiger charge is -2.04. The molecule has 5 nitrogen and oxygen atoms in total. The van der Waals surface area contributed by atoms with Gasteiger partial charge in [-0.1, -0.05) is 23.7 Å². The molecule has 0 spiro atoms. The molecule has 2 heterocycles. The maximum Gasteiger partial charge on any atom is 0.243 e. The summed E-state index contributed by atoms with van der Waals surface area (Å²) in [7, 11) is 0. The molecule has 2 aromatic rings. The highest BCUT2D eigenvalue weighted by molar-refractivity contribution is 6.30. The van der Waals surface area contributed by atoms with Gasteiger partial charge >= 0.3 is 0 Å². The Labute approximate surface area is 104 Å². The molecule has 0 bridgehead atoms. The lowest BCUT2D eigenvalue weighted by Crippen LogP contribution is -2.17. The second-order valence-corrected chi connectivity index (χ2v) is 4.03. The van der Waals surface area contributed by atoms with E-state index in [0.29, 0.717) is 22.4 Å². The Morgan fingerprint density at radius 2 is 2.29 bits per heavy atom. The smallest absolute Gasteiger partial charge is 0.243 e. The number of halogens is 1. The van der Waals surface area contributed by atoms with Crippen LogP contribution in [0.5, 0.6) is 0 Å². The highest BCUT2D eigenvalue weighted by Gasteiger charge is 2.14. The maximum atomic E-state index is 5.76. The van der Waals surface area contributed by atoms with Crippen LogP contribution in [-0.2, 0) is 0 Å². The first-order valence-corrected chi connectivity index (χ1v) is 5.77. The van der Waals surface area contributed by atoms with Crippen molar-refractivity contribution in [2.24, 2.45) is 0 Å². The standard InChI is InChI=1S/C11H13ClN4O/c1-3-13-7(2)11-15-10(16-17-11)9-5-4-8(12)6-14-9/h4-7,13H,3H2,1-2H3. The first-order chi connectivity index (χ1) is 8.20. The molecular weight excluding hydrogens is 240 g/mol. The van der Waals surface area contributed by atoms with Crippen LogP contribution in [0.1, 0.15) is 25.8 Å². The highest BCUT2D eigenvalue weighted by atomic mass is 35.5. The van der Waals surface area contributed by atoms with Gasteiger partial charge < -0.3 is 9.84 Å². The van der Waals surface area contributed by atoms with E-state index in [9.17, 15) is 0 Å². The van der Waals surface area contributed by atoms with E-state index in [1.54, 1.807) is 18.3 Å². The summed E-state index contributed by atoms with van der Waals surface area (Å²) in [6, 6.07) is 3.54. The Morgan fingerprint density at radius 1 is 1.47 bits per heavy atom. The molecule has 1 atom stereocenters. The average Bonchev–Trinajstić information content (AvgIpc) is 2.80. The van der Waals surface area contributed by atoms with Crippen molar-refractivity contribution in [3.63, 3.8) is 0 Å². The van der Waals surface area contributed by atoms with Crippen molar-refractivity contribution in [1.82, 2.24) is 20.4 Å². The van der Waals surface area contributed by atoms with E-state index in [2.05, 4.69) is 20.4 Å². The molecule has 1 unspecified atom stereocenters. The van der Waals surface area contributed by atoms with E-state index in [1.807, 2.05) is 13.8 Å². The summed E-state index contributed by atoms with van der Waals surface area (Å²) in [6.45, 7) is 4.84. The number of nitrogens with one attached hydrogen (secondary N) is 1. The summed E-state index contributed by atoms with van der Waals surface area (Å²) < 4.78 is 5.17. The van der Waals surface area contributed by atoms with Crippen molar-refractivity contribution in [3.05, 3.63) is 29.2 Å². The van der Waals surface area contributed by atoms with Crippen LogP contribution in [0.2, 0.25) is 5.02 Å². The van der Waals surface area contributed by atoms with Crippen LogP contribution in [0.25, 0.3) is 11.5 Å². The number of hydrogen-bond donors (Lipinski definition) is 1. The number of aromatic nitrogens is 3. The van der Waals surface area contributed by atoms with Crippen LogP contribution in [0.3, 0.4) is 0 Å². The van der Waals surface area contributed by atoms with Gasteiger partial charge in [0, 0.05) is 6.20 Å². The SMILES string of the molecule is CCNC(C)c1nc(-c2ccc(Cl)cn2)no1. The van der Waals surface area contributed by atoms with Gasteiger partial charge in [0.2, 0.25) is 11.7 Å². The third kappa shape index (κ3) is 2.81. The average molecular weight is 253 g/mol. The van der Waals surface area contributed by atoms with E-state index in [-0.39, 0.29) is 6.04 Å². The minimum Gasteiger partial charge on any atom is -0.337 e. The van der Waals surface area contributed by atoms with Gasteiger partial charge in [-0.05, 0) is 25.6 Å². The van der Waals surface area contributed by atoms with Crippen LogP contribution < -0.4 is 5.32 Å². The van der Waals surface area contributed by atoms with Gasteiger partial charge in [-0.2, -0.15) is 4.98 Å². The number of pyridine rings is 1. The van der Waals surface area contributed by atoms with Crippen LogP contribution >= 0.6 is 11.6 Å². The monoisotopic (exact) mass is 252 g/mol. The molecule has 0 aromatic carbocycles. The van der Waals surface area contributed by atoms with E-state index in [0.717, 1.165) is 6.54 Å². The molecule has 2 rings (SSSR count). The van der Waals surface area contributed by atoms with Crippen LogP contribution in [0, 0.1) is 0 Å². The predicted octanol–water partition coefficient (Wildman–Crippen LogP) is 2.46. The summed E-state index contributed by atoms with van der Waals surface area (Å²) in [5.74, 6) is 1.03. The van der Waals surface area contributed by atoms with Gasteiger partial charge in [-0.25, -0.2) is 0 Å². The highest BCUT2D eigenvalue weighted by Crippen LogP contribution is 2.17. The van der Waals surface area contributed by atoms with Crippen molar-refractivity contribution in [2.45, 2.75) is 19.9 Å². The molecule has 6 heteroatoms. The maximum absolute atomic E-state index is 5.76. The fourth-order valence-electron chi connectivity index (χ4n) is 1.42. The zero-order valence-electron chi connectivity index (χ0n) is 9.64. The molecule has 0 saturated heterocycles. The molecule has 0 aliphatic heterocycles. The van der Waals surface area contributed by atoms with Crippen LogP contribution in [-0.4, -0.2) is 21.7 Å². The van der Waals surface area contributed by atoms with E-state index in [4.69, 9.17) is 16.1 Å². The Balaban J connectivity index is 2.20. The minimum atomic E-state index is 0.0357. The zero-order valence-corrected chi connectivity index (χ0v) is 10.4. The van der Waals surface area contributed by atoms with Crippen LogP contribution in [0.4, 0.5) is 0 Å². The summed E-state index contributed by atoms with van der Waals surface area (Å²) in [5, 5.41) is 7.67. The molecule has 0 saturated carbocycles. The fraction of sp³-hybridized carbons (Fsp3) is 0.364. The second kappa shape index (κ2) is 5.25. The quantitative estimate of drug-likeness (QED) is 0.906. The molecule has 0 fully saturated rings. The molecule has 1 N–H and O–H groups in total. The second-order valence-electron chi connectivity index (χ2n) is 3.60. The van der Waals surface area contributed by atoms with Gasteiger partial charge in [0.1, 0.15) is 5.69 Å². The molecule has 0 aliphatic rings. The van der Waals surface area contributed by atoms with E-state index >= 15 is 0 Å². The topological polar surface area (TPSA) is 63.8 Å². The Morgan fingerprint density at radius 3 is 2.94 bits per heavy atom. The van der Waals surface area contributed by atoms with Gasteiger partial charge in [0.15, 0.2) is 0 Å². The summed E-state index contributed by atoms with van der Waals surface area (Å²) >= 11 is 5.76. The fourth-order valence-corrected chi connectivity index (χ4v) is 1.53. The molecule has 90 valence electrons. The number of hydrogen-bond acceptors (Lipinski definition) is 5. The minimum absolute atomic E-state index is 0.0357. The Bertz CT molecular complexity index is 482. The van der Waals surface area contributed by atoms with Gasteiger partial charge in [0.25, 0.3) is 0 Å². The summed E-state index contributed by atoms with van der Waals surface area (Å²) in [4.78, 5) is 8.41.